The molecule has 0 aliphatic carbocycles. The number of nitrogens with two attached hydrogens (primary N) is 1. The Kier molecular flexibility index (Phi) is 4.72. The maximum Gasteiger partial charge on any atom is 0.164 e. The maximum atomic E-state index is 12.0. The molecule has 2 N–H and O–H groups in total. The largest absolute Gasteiger partial charge is 0.327 e. The summed E-state index contributed by atoms with van der Waals surface area (Å²) in [6.07, 6.45) is 1.21. The summed E-state index contributed by atoms with van der Waals surface area (Å²) in [7, 11) is 0. The van der Waals surface area contributed by atoms with E-state index in [1.807, 2.05) is 0 Å². The van der Waals surface area contributed by atoms with Crippen molar-refractivity contribution in [2.75, 3.05) is 0 Å². The minimum atomic E-state index is -0.0959. The van der Waals surface area contributed by atoms with Gasteiger partial charge in [-0.3, -0.25) is 4.79 Å². The Balaban J connectivity index is 2.61. The average molecular weight is 254 g/mol. The molecule has 0 amide bonds. The van der Waals surface area contributed by atoms with Gasteiger partial charge in [0.2, 0.25) is 0 Å². The summed E-state index contributed by atoms with van der Waals surface area (Å²) >= 11 is 5.85. The molecule has 0 saturated carbocycles. The van der Waals surface area contributed by atoms with Gasteiger partial charge in [-0.2, -0.15) is 0 Å². The molecule has 0 fully saturated rings. The molecule has 0 radical (unpaired) electrons. The number of halogens is 1. The molecule has 0 heterocycles. The molecule has 0 saturated heterocycles. The molecule has 0 aliphatic heterocycles. The molecule has 0 aliphatic rings. The van der Waals surface area contributed by atoms with Crippen LogP contribution in [0.5, 0.6) is 0 Å². The lowest BCUT2D eigenvalue weighted by molar-refractivity contribution is 0.0968. The van der Waals surface area contributed by atoms with E-state index in [-0.39, 0.29) is 17.2 Å². The van der Waals surface area contributed by atoms with Gasteiger partial charge in [0.15, 0.2) is 5.78 Å². The second-order valence-corrected chi connectivity index (χ2v) is 6.10. The molecule has 1 atom stereocenters. The average Bonchev–Trinajstić information content (AvgIpc) is 2.14. The van der Waals surface area contributed by atoms with E-state index in [9.17, 15) is 4.79 Å². The predicted octanol–water partition coefficient (Wildman–Crippen LogP) is 3.68. The van der Waals surface area contributed by atoms with Crippen LogP contribution < -0.4 is 5.73 Å². The molecule has 1 aromatic carbocycles. The summed E-state index contributed by atoms with van der Waals surface area (Å²) in [6.45, 7) is 6.37. The van der Waals surface area contributed by atoms with Gasteiger partial charge in [0.25, 0.3) is 0 Å². The number of carbonyl (C=O) groups excluding carboxylic acids is 1. The second kappa shape index (κ2) is 5.65. The highest BCUT2D eigenvalue weighted by molar-refractivity contribution is 6.31. The van der Waals surface area contributed by atoms with Gasteiger partial charge < -0.3 is 5.73 Å². The Morgan fingerprint density at radius 2 is 2.06 bits per heavy atom. The van der Waals surface area contributed by atoms with Crippen LogP contribution in [0.3, 0.4) is 0 Å². The van der Waals surface area contributed by atoms with Gasteiger partial charge in [0, 0.05) is 23.0 Å². The predicted molar refractivity (Wildman–Crippen MR) is 72.4 cm³/mol. The van der Waals surface area contributed by atoms with E-state index in [0.717, 1.165) is 6.42 Å². The summed E-state index contributed by atoms with van der Waals surface area (Å²) in [5.41, 5.74) is 6.77. The second-order valence-electron chi connectivity index (χ2n) is 5.66. The fraction of sp³-hybridized carbons (Fsp3) is 0.500. The Morgan fingerprint density at radius 3 is 2.59 bits per heavy atom. The van der Waals surface area contributed by atoms with Crippen molar-refractivity contribution in [2.45, 2.75) is 39.7 Å². The zero-order valence-corrected chi connectivity index (χ0v) is 11.4. The van der Waals surface area contributed by atoms with Gasteiger partial charge >= 0.3 is 0 Å². The lowest BCUT2D eigenvalue weighted by Gasteiger charge is -2.22. The summed E-state index contributed by atoms with van der Waals surface area (Å²) < 4.78 is 0. The third kappa shape index (κ3) is 5.33. The molecular weight excluding hydrogens is 234 g/mol. The molecule has 94 valence electrons. The van der Waals surface area contributed by atoms with Gasteiger partial charge in [-0.25, -0.2) is 0 Å². The third-order valence-corrected chi connectivity index (χ3v) is 2.70. The van der Waals surface area contributed by atoms with Crippen LogP contribution in [0, 0.1) is 5.41 Å². The topological polar surface area (TPSA) is 43.1 Å². The fourth-order valence-electron chi connectivity index (χ4n) is 1.88. The van der Waals surface area contributed by atoms with Crippen LogP contribution in [-0.2, 0) is 0 Å². The van der Waals surface area contributed by atoms with E-state index in [0.29, 0.717) is 17.0 Å². The number of hydrogen-bond acceptors (Lipinski definition) is 2. The first-order valence-electron chi connectivity index (χ1n) is 5.82. The molecule has 2 nitrogen and oxygen atoms in total. The third-order valence-electron chi connectivity index (χ3n) is 2.47. The van der Waals surface area contributed by atoms with Crippen LogP contribution >= 0.6 is 11.6 Å². The molecule has 17 heavy (non-hydrogen) atoms. The van der Waals surface area contributed by atoms with Crippen molar-refractivity contribution in [3.05, 3.63) is 34.9 Å². The van der Waals surface area contributed by atoms with Gasteiger partial charge in [-0.05, 0) is 24.0 Å². The highest BCUT2D eigenvalue weighted by atomic mass is 35.5. The van der Waals surface area contributed by atoms with E-state index in [2.05, 4.69) is 20.8 Å². The number of rotatable bonds is 4. The van der Waals surface area contributed by atoms with Crippen LogP contribution in [0.15, 0.2) is 24.3 Å². The van der Waals surface area contributed by atoms with E-state index >= 15 is 0 Å². The van der Waals surface area contributed by atoms with Gasteiger partial charge in [0.05, 0.1) is 0 Å². The summed E-state index contributed by atoms with van der Waals surface area (Å²) in [6, 6.07) is 6.91. The van der Waals surface area contributed by atoms with Crippen molar-refractivity contribution in [1.82, 2.24) is 0 Å². The lowest BCUT2D eigenvalue weighted by Crippen LogP contribution is -2.28. The summed E-state index contributed by atoms with van der Waals surface area (Å²) in [4.78, 5) is 12.0. The van der Waals surface area contributed by atoms with Crippen molar-refractivity contribution in [3.63, 3.8) is 0 Å². The van der Waals surface area contributed by atoms with Crippen LogP contribution in [-0.4, -0.2) is 11.8 Å². The zero-order valence-electron chi connectivity index (χ0n) is 10.7. The summed E-state index contributed by atoms with van der Waals surface area (Å²) in [5.74, 6) is 0.0595. The maximum absolute atomic E-state index is 12.0. The number of ketones is 1. The molecule has 0 bridgehead atoms. The number of benzene rings is 1. The fourth-order valence-corrected chi connectivity index (χ4v) is 2.07. The molecular formula is C14H20ClNO. The minimum Gasteiger partial charge on any atom is -0.327 e. The lowest BCUT2D eigenvalue weighted by atomic mass is 9.86. The Morgan fingerprint density at radius 1 is 1.41 bits per heavy atom. The number of hydrogen-bond donors (Lipinski definition) is 1. The van der Waals surface area contributed by atoms with Crippen LogP contribution in [0.25, 0.3) is 0 Å². The minimum absolute atomic E-state index is 0.0595. The standard InChI is InChI=1S/C14H20ClNO/c1-14(2,3)9-12(16)8-13(17)10-5-4-6-11(15)7-10/h4-7,12H,8-9,16H2,1-3H3. The van der Waals surface area contributed by atoms with Gasteiger partial charge in [-0.1, -0.05) is 44.5 Å². The van der Waals surface area contributed by atoms with Crippen molar-refractivity contribution >= 4 is 17.4 Å². The molecule has 3 heteroatoms. The van der Waals surface area contributed by atoms with E-state index in [1.54, 1.807) is 24.3 Å². The first kappa shape index (κ1) is 14.2. The molecule has 0 aromatic heterocycles. The van der Waals surface area contributed by atoms with E-state index in [1.165, 1.54) is 0 Å². The van der Waals surface area contributed by atoms with Crippen molar-refractivity contribution in [3.8, 4) is 0 Å². The van der Waals surface area contributed by atoms with Crippen LogP contribution in [0.4, 0.5) is 0 Å². The smallest absolute Gasteiger partial charge is 0.164 e. The van der Waals surface area contributed by atoms with Crippen LogP contribution in [0.1, 0.15) is 44.0 Å². The molecule has 1 rings (SSSR count). The molecule has 1 unspecified atom stereocenters. The quantitative estimate of drug-likeness (QED) is 0.832. The number of carbonyl (C=O) groups is 1. The zero-order chi connectivity index (χ0) is 13.1. The Hall–Kier alpha value is -0.860. The Bertz CT molecular complexity index is 395. The highest BCUT2D eigenvalue weighted by Gasteiger charge is 2.18. The van der Waals surface area contributed by atoms with Crippen molar-refractivity contribution < 1.29 is 4.79 Å². The van der Waals surface area contributed by atoms with Gasteiger partial charge in [-0.15, -0.1) is 0 Å². The van der Waals surface area contributed by atoms with Gasteiger partial charge in [0.1, 0.15) is 0 Å². The van der Waals surface area contributed by atoms with Crippen LogP contribution in [0.2, 0.25) is 5.02 Å². The first-order valence-corrected chi connectivity index (χ1v) is 6.20. The van der Waals surface area contributed by atoms with Crippen molar-refractivity contribution in [1.29, 1.82) is 0 Å². The van der Waals surface area contributed by atoms with E-state index < -0.39 is 0 Å². The first-order chi connectivity index (χ1) is 7.78. The normalized spacial score (nSPS) is 13.5. The number of Topliss-reactive ketones (excluding diaryl/α,β-unsaturated/α-hetero) is 1. The highest BCUT2D eigenvalue weighted by Crippen LogP contribution is 2.22. The molecule has 1 aromatic rings. The monoisotopic (exact) mass is 253 g/mol. The van der Waals surface area contributed by atoms with Crippen molar-refractivity contribution in [2.24, 2.45) is 11.1 Å². The SMILES string of the molecule is CC(C)(C)CC(N)CC(=O)c1cccc(Cl)c1. The Labute approximate surface area is 108 Å². The van der Waals surface area contributed by atoms with E-state index in [4.69, 9.17) is 17.3 Å². The summed E-state index contributed by atoms with van der Waals surface area (Å²) in [5, 5.41) is 0.584. The molecule has 0 spiro atoms.